The Kier molecular flexibility index (Phi) is 5.26. The van der Waals surface area contributed by atoms with Gasteiger partial charge in [-0.15, -0.1) is 0 Å². The van der Waals surface area contributed by atoms with Crippen molar-refractivity contribution in [3.8, 4) is 0 Å². The van der Waals surface area contributed by atoms with Gasteiger partial charge in [-0.1, -0.05) is 54.4 Å². The fraction of sp³-hybridized carbons (Fsp3) is 0.200. The van der Waals surface area contributed by atoms with Crippen LogP contribution in [0.5, 0.6) is 0 Å². The minimum Gasteiger partial charge on any atom is -0.457 e. The van der Waals surface area contributed by atoms with Gasteiger partial charge in [0.05, 0.1) is 16.8 Å². The summed E-state index contributed by atoms with van der Waals surface area (Å²) in [6.07, 6.45) is 0.642. The summed E-state index contributed by atoms with van der Waals surface area (Å²) in [4.78, 5) is 17.3. The van der Waals surface area contributed by atoms with Crippen LogP contribution in [0.15, 0.2) is 42.5 Å². The first-order valence-corrected chi connectivity index (χ1v) is 8.76. The zero-order valence-electron chi connectivity index (χ0n) is 14.0. The van der Waals surface area contributed by atoms with Gasteiger partial charge < -0.3 is 4.74 Å². The summed E-state index contributed by atoms with van der Waals surface area (Å²) in [7, 11) is 0. The zero-order valence-corrected chi connectivity index (χ0v) is 15.5. The fourth-order valence-corrected chi connectivity index (χ4v) is 3.35. The summed E-state index contributed by atoms with van der Waals surface area (Å²) < 4.78 is 5.50. The van der Waals surface area contributed by atoms with Gasteiger partial charge in [0.15, 0.2) is 0 Å². The lowest BCUT2D eigenvalue weighted by Gasteiger charge is -2.14. The summed E-state index contributed by atoms with van der Waals surface area (Å²) in [5.41, 5.74) is 3.60. The van der Waals surface area contributed by atoms with Gasteiger partial charge in [-0.2, -0.15) is 0 Å². The average Bonchev–Trinajstić information content (AvgIpc) is 2.61. The van der Waals surface area contributed by atoms with Gasteiger partial charge in [-0.25, -0.2) is 4.79 Å². The smallest absolute Gasteiger partial charge is 0.340 e. The van der Waals surface area contributed by atoms with Crippen LogP contribution in [0.25, 0.3) is 10.9 Å². The number of carbonyl (C=O) groups is 1. The molecule has 0 amide bonds. The fourth-order valence-electron chi connectivity index (χ4n) is 2.85. The first-order valence-electron chi connectivity index (χ1n) is 8.01. The largest absolute Gasteiger partial charge is 0.457 e. The molecule has 0 saturated heterocycles. The number of benzene rings is 2. The van der Waals surface area contributed by atoms with Crippen LogP contribution in [0.1, 0.15) is 34.1 Å². The van der Waals surface area contributed by atoms with Crippen molar-refractivity contribution in [2.75, 3.05) is 0 Å². The topological polar surface area (TPSA) is 39.2 Å². The second-order valence-corrected chi connectivity index (χ2v) is 6.52. The normalized spacial score (nSPS) is 10.9. The number of hydrogen-bond donors (Lipinski definition) is 0. The molecule has 128 valence electrons. The predicted octanol–water partition coefficient (Wildman–Crippen LogP) is 5.77. The number of esters is 1. The van der Waals surface area contributed by atoms with E-state index in [1.165, 1.54) is 0 Å². The molecule has 0 spiro atoms. The molecule has 5 heteroatoms. The number of aromatic nitrogens is 1. The van der Waals surface area contributed by atoms with Gasteiger partial charge in [0, 0.05) is 21.0 Å². The number of carbonyl (C=O) groups excluding carboxylic acids is 1. The summed E-state index contributed by atoms with van der Waals surface area (Å²) in [5.74, 6) is -0.413. The molecule has 0 fully saturated rings. The third-order valence-electron chi connectivity index (χ3n) is 4.18. The average molecular weight is 374 g/mol. The highest BCUT2D eigenvalue weighted by Crippen LogP contribution is 2.27. The Balaban J connectivity index is 1.95. The van der Waals surface area contributed by atoms with Crippen molar-refractivity contribution in [1.82, 2.24) is 4.98 Å². The van der Waals surface area contributed by atoms with E-state index in [1.807, 2.05) is 38.1 Å². The SMILES string of the molecule is CCc1nc2ccccc2c(C)c1C(=O)OCc1c(Cl)cccc1Cl. The molecule has 2 aromatic carbocycles. The molecule has 0 atom stereocenters. The standard InChI is InChI=1S/C20H17Cl2NO2/c1-3-17-19(12(2)13-7-4-5-10-18(13)23-17)20(24)25-11-14-15(21)8-6-9-16(14)22/h4-10H,3,11H2,1-2H3. The highest BCUT2D eigenvalue weighted by molar-refractivity contribution is 6.35. The van der Waals surface area contributed by atoms with E-state index < -0.39 is 5.97 Å². The maximum Gasteiger partial charge on any atom is 0.340 e. The molecular weight excluding hydrogens is 357 g/mol. The number of halogens is 2. The van der Waals surface area contributed by atoms with Crippen LogP contribution in [0.2, 0.25) is 10.0 Å². The molecule has 0 N–H and O–H groups in total. The Hall–Kier alpha value is -2.10. The predicted molar refractivity (Wildman–Crippen MR) is 101 cm³/mol. The Morgan fingerprint density at radius 2 is 1.76 bits per heavy atom. The molecule has 0 radical (unpaired) electrons. The van der Waals surface area contributed by atoms with Gasteiger partial charge in [-0.05, 0) is 37.1 Å². The zero-order chi connectivity index (χ0) is 18.0. The molecule has 1 aromatic heterocycles. The van der Waals surface area contributed by atoms with E-state index in [4.69, 9.17) is 27.9 Å². The second-order valence-electron chi connectivity index (χ2n) is 5.71. The lowest BCUT2D eigenvalue weighted by molar-refractivity contribution is 0.0470. The van der Waals surface area contributed by atoms with Crippen LogP contribution in [0, 0.1) is 6.92 Å². The molecular formula is C20H17Cl2NO2. The van der Waals surface area contributed by atoms with E-state index in [1.54, 1.807) is 18.2 Å². The van der Waals surface area contributed by atoms with Crippen LogP contribution >= 0.6 is 23.2 Å². The molecule has 0 unspecified atom stereocenters. The van der Waals surface area contributed by atoms with E-state index in [2.05, 4.69) is 4.98 Å². The first-order chi connectivity index (χ1) is 12.0. The molecule has 1 heterocycles. The van der Waals surface area contributed by atoms with Gasteiger partial charge in [0.2, 0.25) is 0 Å². The van der Waals surface area contributed by atoms with Gasteiger partial charge in [0.25, 0.3) is 0 Å². The van der Waals surface area contributed by atoms with Crippen molar-refractivity contribution in [3.63, 3.8) is 0 Å². The minimum atomic E-state index is -0.413. The van der Waals surface area contributed by atoms with Crippen LogP contribution in [0.3, 0.4) is 0 Å². The van der Waals surface area contributed by atoms with Crippen molar-refractivity contribution in [2.24, 2.45) is 0 Å². The lowest BCUT2D eigenvalue weighted by atomic mass is 10.0. The van der Waals surface area contributed by atoms with Gasteiger partial charge in [0.1, 0.15) is 6.61 Å². The molecule has 0 bridgehead atoms. The van der Waals surface area contributed by atoms with Crippen LogP contribution in [-0.4, -0.2) is 11.0 Å². The van der Waals surface area contributed by atoms with Gasteiger partial charge >= 0.3 is 5.97 Å². The number of para-hydroxylation sites is 1. The van der Waals surface area contributed by atoms with E-state index in [9.17, 15) is 4.79 Å². The second kappa shape index (κ2) is 7.42. The van der Waals surface area contributed by atoms with E-state index in [0.29, 0.717) is 27.6 Å². The Morgan fingerprint density at radius 3 is 2.44 bits per heavy atom. The minimum absolute atomic E-state index is 0.0206. The van der Waals surface area contributed by atoms with Gasteiger partial charge in [-0.3, -0.25) is 4.98 Å². The number of hydrogen-bond acceptors (Lipinski definition) is 3. The summed E-state index contributed by atoms with van der Waals surface area (Å²) in [6.45, 7) is 3.91. The lowest BCUT2D eigenvalue weighted by Crippen LogP contribution is -2.12. The van der Waals surface area contributed by atoms with Crippen molar-refractivity contribution in [1.29, 1.82) is 0 Å². The van der Waals surface area contributed by atoms with Crippen LogP contribution in [-0.2, 0) is 17.8 Å². The molecule has 3 aromatic rings. The maximum atomic E-state index is 12.7. The highest BCUT2D eigenvalue weighted by atomic mass is 35.5. The van der Waals surface area contributed by atoms with E-state index in [-0.39, 0.29) is 6.61 Å². The molecule has 0 aliphatic rings. The Morgan fingerprint density at radius 1 is 1.08 bits per heavy atom. The van der Waals surface area contributed by atoms with E-state index >= 15 is 0 Å². The third kappa shape index (κ3) is 3.48. The Bertz CT molecular complexity index is 934. The molecule has 3 nitrogen and oxygen atoms in total. The van der Waals surface area contributed by atoms with E-state index in [0.717, 1.165) is 22.2 Å². The maximum absolute atomic E-state index is 12.7. The summed E-state index contributed by atoms with van der Waals surface area (Å²) in [6, 6.07) is 13.0. The van der Waals surface area contributed by atoms with Crippen LogP contribution < -0.4 is 0 Å². The monoisotopic (exact) mass is 373 g/mol. The number of ether oxygens (including phenoxy) is 1. The molecule has 0 aliphatic carbocycles. The van der Waals surface area contributed by atoms with Crippen molar-refractivity contribution >= 4 is 40.1 Å². The number of aryl methyl sites for hydroxylation is 2. The number of pyridine rings is 1. The summed E-state index contributed by atoms with van der Waals surface area (Å²) >= 11 is 12.3. The van der Waals surface area contributed by atoms with Crippen molar-refractivity contribution in [2.45, 2.75) is 26.9 Å². The first kappa shape index (κ1) is 17.7. The molecule has 3 rings (SSSR count). The van der Waals surface area contributed by atoms with Crippen molar-refractivity contribution < 1.29 is 9.53 Å². The summed E-state index contributed by atoms with van der Waals surface area (Å²) in [5, 5.41) is 1.90. The Labute approximate surface area is 156 Å². The highest BCUT2D eigenvalue weighted by Gasteiger charge is 2.20. The van der Waals surface area contributed by atoms with Crippen molar-refractivity contribution in [3.05, 3.63) is 74.9 Å². The third-order valence-corrected chi connectivity index (χ3v) is 4.88. The number of fused-ring (bicyclic) bond motifs is 1. The molecule has 0 saturated carbocycles. The molecule has 0 aliphatic heterocycles. The quantitative estimate of drug-likeness (QED) is 0.544. The molecule has 25 heavy (non-hydrogen) atoms. The number of rotatable bonds is 4. The van der Waals surface area contributed by atoms with Crippen LogP contribution in [0.4, 0.5) is 0 Å². The number of nitrogens with zero attached hydrogens (tertiary/aromatic N) is 1.